The SMILES string of the molecule is CCCN1CCC(NC(=O)c2cn(-c3ccccc3)nc2-c2ccc(C)cc2)CC1. The van der Waals surface area contributed by atoms with Crippen molar-refractivity contribution in [2.45, 2.75) is 39.2 Å². The number of benzene rings is 2. The Hall–Kier alpha value is -2.92. The first-order valence-corrected chi connectivity index (χ1v) is 10.9. The van der Waals surface area contributed by atoms with E-state index in [1.807, 2.05) is 48.7 Å². The van der Waals surface area contributed by atoms with Gasteiger partial charge in [-0.2, -0.15) is 5.10 Å². The third kappa shape index (κ3) is 4.62. The largest absolute Gasteiger partial charge is 0.349 e. The minimum atomic E-state index is -0.0401. The molecule has 3 aromatic rings. The number of aromatic nitrogens is 2. The maximum absolute atomic E-state index is 13.2. The van der Waals surface area contributed by atoms with Crippen molar-refractivity contribution < 1.29 is 4.79 Å². The summed E-state index contributed by atoms with van der Waals surface area (Å²) in [5, 5.41) is 8.04. The van der Waals surface area contributed by atoms with Crippen LogP contribution < -0.4 is 5.32 Å². The molecule has 0 spiro atoms. The summed E-state index contributed by atoms with van der Waals surface area (Å²) in [5.41, 5.74) is 4.43. The smallest absolute Gasteiger partial charge is 0.255 e. The first-order chi connectivity index (χ1) is 14.6. The summed E-state index contributed by atoms with van der Waals surface area (Å²) in [6, 6.07) is 18.3. The Balaban J connectivity index is 1.58. The highest BCUT2D eigenvalue weighted by atomic mass is 16.1. The predicted molar refractivity (Wildman–Crippen MR) is 121 cm³/mol. The van der Waals surface area contributed by atoms with Crippen molar-refractivity contribution >= 4 is 5.91 Å². The van der Waals surface area contributed by atoms with Crippen LogP contribution in [0, 0.1) is 6.92 Å². The van der Waals surface area contributed by atoms with Gasteiger partial charge >= 0.3 is 0 Å². The quantitative estimate of drug-likeness (QED) is 0.663. The summed E-state index contributed by atoms with van der Waals surface area (Å²) in [4.78, 5) is 15.7. The molecule has 1 N–H and O–H groups in total. The van der Waals surface area contributed by atoms with Crippen LogP contribution in [0.2, 0.25) is 0 Å². The minimum Gasteiger partial charge on any atom is -0.349 e. The van der Waals surface area contributed by atoms with Crippen LogP contribution in [0.15, 0.2) is 60.8 Å². The van der Waals surface area contributed by atoms with Crippen molar-refractivity contribution in [3.8, 4) is 16.9 Å². The number of para-hydroxylation sites is 1. The highest BCUT2D eigenvalue weighted by molar-refractivity contribution is 6.00. The number of rotatable bonds is 6. The monoisotopic (exact) mass is 402 g/mol. The number of hydrogen-bond acceptors (Lipinski definition) is 3. The second kappa shape index (κ2) is 9.26. The van der Waals surface area contributed by atoms with Crippen molar-refractivity contribution in [2.24, 2.45) is 0 Å². The Labute approximate surface area is 178 Å². The summed E-state index contributed by atoms with van der Waals surface area (Å²) < 4.78 is 1.80. The lowest BCUT2D eigenvalue weighted by molar-refractivity contribution is 0.0912. The van der Waals surface area contributed by atoms with E-state index in [0.29, 0.717) is 5.56 Å². The van der Waals surface area contributed by atoms with Crippen LogP contribution in [0.4, 0.5) is 0 Å². The summed E-state index contributed by atoms with van der Waals surface area (Å²) in [7, 11) is 0. The number of hydrogen-bond donors (Lipinski definition) is 1. The number of carbonyl (C=O) groups is 1. The Morgan fingerprint density at radius 2 is 1.77 bits per heavy atom. The molecule has 0 aliphatic carbocycles. The molecule has 0 atom stereocenters. The molecule has 5 nitrogen and oxygen atoms in total. The van der Waals surface area contributed by atoms with Crippen LogP contribution in [-0.4, -0.2) is 46.3 Å². The van der Waals surface area contributed by atoms with Gasteiger partial charge in [-0.1, -0.05) is 55.0 Å². The molecule has 156 valence electrons. The van der Waals surface area contributed by atoms with Gasteiger partial charge in [0.1, 0.15) is 5.69 Å². The molecule has 1 aromatic heterocycles. The number of piperidine rings is 1. The lowest BCUT2D eigenvalue weighted by Gasteiger charge is -2.32. The first-order valence-electron chi connectivity index (χ1n) is 10.9. The van der Waals surface area contributed by atoms with Crippen LogP contribution >= 0.6 is 0 Å². The molecule has 0 bridgehead atoms. The Morgan fingerprint density at radius 1 is 1.07 bits per heavy atom. The molecular weight excluding hydrogens is 372 g/mol. The normalized spacial score (nSPS) is 15.3. The van der Waals surface area contributed by atoms with Gasteiger partial charge in [-0.05, 0) is 44.9 Å². The average Bonchev–Trinajstić information content (AvgIpc) is 3.22. The summed E-state index contributed by atoms with van der Waals surface area (Å²) >= 11 is 0. The molecule has 0 saturated carbocycles. The Bertz CT molecular complexity index is 970. The number of nitrogens with one attached hydrogen (secondary N) is 1. The highest BCUT2D eigenvalue weighted by Crippen LogP contribution is 2.25. The first kappa shape index (κ1) is 20.4. The van der Waals surface area contributed by atoms with Gasteiger partial charge in [0.2, 0.25) is 0 Å². The zero-order valence-corrected chi connectivity index (χ0v) is 17.8. The number of nitrogens with zero attached hydrogens (tertiary/aromatic N) is 3. The molecule has 1 amide bonds. The van der Waals surface area contributed by atoms with Crippen LogP contribution in [0.3, 0.4) is 0 Å². The van der Waals surface area contributed by atoms with E-state index in [0.717, 1.165) is 49.4 Å². The number of likely N-dealkylation sites (tertiary alicyclic amines) is 1. The fourth-order valence-electron chi connectivity index (χ4n) is 4.06. The van der Waals surface area contributed by atoms with E-state index >= 15 is 0 Å². The predicted octanol–water partition coefficient (Wildman–Crippen LogP) is 4.45. The van der Waals surface area contributed by atoms with E-state index in [4.69, 9.17) is 5.10 Å². The van der Waals surface area contributed by atoms with Gasteiger partial charge in [-0.25, -0.2) is 4.68 Å². The fourth-order valence-corrected chi connectivity index (χ4v) is 4.06. The maximum Gasteiger partial charge on any atom is 0.255 e. The molecule has 0 unspecified atom stereocenters. The molecule has 4 rings (SSSR count). The van der Waals surface area contributed by atoms with Crippen molar-refractivity contribution in [1.82, 2.24) is 20.0 Å². The lowest BCUT2D eigenvalue weighted by Crippen LogP contribution is -2.44. The van der Waals surface area contributed by atoms with Crippen LogP contribution in [0.5, 0.6) is 0 Å². The van der Waals surface area contributed by atoms with Gasteiger partial charge < -0.3 is 10.2 Å². The molecule has 1 saturated heterocycles. The third-order valence-corrected chi connectivity index (χ3v) is 5.77. The van der Waals surface area contributed by atoms with Gasteiger partial charge in [0.05, 0.1) is 11.3 Å². The third-order valence-electron chi connectivity index (χ3n) is 5.77. The molecule has 1 aliphatic rings. The number of carbonyl (C=O) groups excluding carboxylic acids is 1. The van der Waals surface area contributed by atoms with Crippen molar-refractivity contribution in [2.75, 3.05) is 19.6 Å². The zero-order valence-electron chi connectivity index (χ0n) is 17.8. The van der Waals surface area contributed by atoms with E-state index in [1.165, 1.54) is 12.0 Å². The van der Waals surface area contributed by atoms with E-state index in [1.54, 1.807) is 4.68 Å². The molecule has 5 heteroatoms. The van der Waals surface area contributed by atoms with Crippen LogP contribution in [0.1, 0.15) is 42.1 Å². The van der Waals surface area contributed by atoms with Crippen LogP contribution in [0.25, 0.3) is 16.9 Å². The molecule has 1 fully saturated rings. The maximum atomic E-state index is 13.2. The van der Waals surface area contributed by atoms with Gasteiger partial charge in [-0.3, -0.25) is 4.79 Å². The molecule has 1 aliphatic heterocycles. The van der Waals surface area contributed by atoms with Gasteiger partial charge in [0.25, 0.3) is 5.91 Å². The van der Waals surface area contributed by atoms with Gasteiger partial charge in [0.15, 0.2) is 0 Å². The lowest BCUT2D eigenvalue weighted by atomic mass is 10.0. The topological polar surface area (TPSA) is 50.2 Å². The molecule has 30 heavy (non-hydrogen) atoms. The highest BCUT2D eigenvalue weighted by Gasteiger charge is 2.24. The van der Waals surface area contributed by atoms with Gasteiger partial charge in [-0.15, -0.1) is 0 Å². The number of amides is 1. The summed E-state index contributed by atoms with van der Waals surface area (Å²) in [6.45, 7) is 7.51. The second-order valence-corrected chi connectivity index (χ2v) is 8.13. The standard InChI is InChI=1S/C25H30N4O/c1-3-15-28-16-13-21(14-17-28)26-25(30)23-18-29(22-7-5-4-6-8-22)27-24(23)20-11-9-19(2)10-12-20/h4-12,18,21H,3,13-17H2,1-2H3,(H,26,30). The molecule has 2 aromatic carbocycles. The minimum absolute atomic E-state index is 0.0401. The van der Waals surface area contributed by atoms with E-state index in [-0.39, 0.29) is 11.9 Å². The summed E-state index contributed by atoms with van der Waals surface area (Å²) in [5.74, 6) is -0.0401. The molecule has 2 heterocycles. The summed E-state index contributed by atoms with van der Waals surface area (Å²) in [6.07, 6.45) is 5.03. The van der Waals surface area contributed by atoms with Gasteiger partial charge in [0, 0.05) is 30.9 Å². The molecule has 0 radical (unpaired) electrons. The van der Waals surface area contributed by atoms with E-state index in [2.05, 4.69) is 36.2 Å². The zero-order chi connectivity index (χ0) is 20.9. The second-order valence-electron chi connectivity index (χ2n) is 8.13. The van der Waals surface area contributed by atoms with Crippen molar-refractivity contribution in [1.29, 1.82) is 0 Å². The average molecular weight is 403 g/mol. The Kier molecular flexibility index (Phi) is 6.29. The Morgan fingerprint density at radius 3 is 2.43 bits per heavy atom. The molecular formula is C25H30N4O. The van der Waals surface area contributed by atoms with E-state index < -0.39 is 0 Å². The fraction of sp³-hybridized carbons (Fsp3) is 0.360. The number of aryl methyl sites for hydroxylation is 1. The van der Waals surface area contributed by atoms with Crippen molar-refractivity contribution in [3.05, 3.63) is 71.9 Å². The van der Waals surface area contributed by atoms with Crippen LogP contribution in [-0.2, 0) is 0 Å². The van der Waals surface area contributed by atoms with E-state index in [9.17, 15) is 4.79 Å². The van der Waals surface area contributed by atoms with Crippen molar-refractivity contribution in [3.63, 3.8) is 0 Å².